The first-order valence-corrected chi connectivity index (χ1v) is 6.77. The van der Waals surface area contributed by atoms with E-state index in [4.69, 9.17) is 4.74 Å². The molecule has 1 atom stereocenters. The first-order chi connectivity index (χ1) is 9.02. The number of benzene rings is 1. The second-order valence-electron chi connectivity index (χ2n) is 5.44. The van der Waals surface area contributed by atoms with Crippen LogP contribution in [0.2, 0.25) is 0 Å². The molecule has 1 fully saturated rings. The van der Waals surface area contributed by atoms with Crippen LogP contribution in [0.4, 0.5) is 5.69 Å². The summed E-state index contributed by atoms with van der Waals surface area (Å²) >= 11 is 0. The first-order valence-electron chi connectivity index (χ1n) is 6.77. The third-order valence-corrected chi connectivity index (χ3v) is 3.83. The van der Waals surface area contributed by atoms with Crippen LogP contribution in [0.15, 0.2) is 18.2 Å². The summed E-state index contributed by atoms with van der Waals surface area (Å²) < 4.78 is 5.33. The molecule has 1 aliphatic rings. The van der Waals surface area contributed by atoms with Crippen molar-refractivity contribution >= 4 is 5.69 Å². The summed E-state index contributed by atoms with van der Waals surface area (Å²) in [6.45, 7) is 2.65. The van der Waals surface area contributed by atoms with E-state index in [2.05, 4.69) is 4.90 Å². The van der Waals surface area contributed by atoms with E-state index < -0.39 is 6.10 Å². The van der Waals surface area contributed by atoms with Crippen molar-refractivity contribution < 1.29 is 14.9 Å². The van der Waals surface area contributed by atoms with Gasteiger partial charge in [0.15, 0.2) is 0 Å². The second kappa shape index (κ2) is 5.80. The number of aliphatic hydroxyl groups is 2. The van der Waals surface area contributed by atoms with Crippen LogP contribution < -0.4 is 9.64 Å². The fourth-order valence-electron chi connectivity index (χ4n) is 2.80. The Balaban J connectivity index is 2.18. The Morgan fingerprint density at radius 1 is 1.42 bits per heavy atom. The molecule has 0 saturated heterocycles. The van der Waals surface area contributed by atoms with Gasteiger partial charge >= 0.3 is 0 Å². The highest BCUT2D eigenvalue weighted by Gasteiger charge is 2.29. The van der Waals surface area contributed by atoms with Crippen LogP contribution in [0.5, 0.6) is 5.75 Å². The average Bonchev–Trinajstić information content (AvgIpc) is 2.35. The minimum atomic E-state index is -0.569. The van der Waals surface area contributed by atoms with Gasteiger partial charge in [0.05, 0.1) is 19.3 Å². The molecule has 0 radical (unpaired) electrons. The van der Waals surface area contributed by atoms with Crippen molar-refractivity contribution in [3.05, 3.63) is 23.8 Å². The molecule has 1 aromatic rings. The van der Waals surface area contributed by atoms with E-state index in [0.717, 1.165) is 30.6 Å². The topological polar surface area (TPSA) is 52.9 Å². The smallest absolute Gasteiger partial charge is 0.126 e. The van der Waals surface area contributed by atoms with Crippen LogP contribution in [-0.4, -0.2) is 37.0 Å². The zero-order valence-corrected chi connectivity index (χ0v) is 11.8. The van der Waals surface area contributed by atoms with E-state index in [1.165, 1.54) is 0 Å². The highest BCUT2D eigenvalue weighted by molar-refractivity contribution is 5.60. The van der Waals surface area contributed by atoms with Gasteiger partial charge in [-0.2, -0.15) is 0 Å². The summed E-state index contributed by atoms with van der Waals surface area (Å²) in [6, 6.07) is 5.80. The summed E-state index contributed by atoms with van der Waals surface area (Å²) in [5.74, 6) is 1.25. The lowest BCUT2D eigenvalue weighted by Crippen LogP contribution is -2.37. The molecule has 4 heteroatoms. The van der Waals surface area contributed by atoms with Crippen LogP contribution in [0.25, 0.3) is 0 Å². The molecule has 0 aliphatic heterocycles. The van der Waals surface area contributed by atoms with Crippen molar-refractivity contribution in [2.45, 2.75) is 32.0 Å². The zero-order chi connectivity index (χ0) is 14.0. The summed E-state index contributed by atoms with van der Waals surface area (Å²) in [7, 11) is 3.64. The van der Waals surface area contributed by atoms with Gasteiger partial charge in [0.25, 0.3) is 0 Å². The standard InChI is InChI=1S/C15H23NO3/c1-10(17)15-13(5-4-6-14(15)19-3)16(2)9-11-7-12(18)8-11/h4-6,10-12,17-18H,7-9H2,1-3H3/t10-,11?,12?/m1/s1. The van der Waals surface area contributed by atoms with E-state index in [0.29, 0.717) is 11.7 Å². The van der Waals surface area contributed by atoms with E-state index in [9.17, 15) is 10.2 Å². The third kappa shape index (κ3) is 3.01. The van der Waals surface area contributed by atoms with Crippen molar-refractivity contribution in [1.82, 2.24) is 0 Å². The molecule has 0 bridgehead atoms. The van der Waals surface area contributed by atoms with E-state index in [-0.39, 0.29) is 6.10 Å². The summed E-state index contributed by atoms with van der Waals surface area (Å²) in [6.07, 6.45) is 1.05. The van der Waals surface area contributed by atoms with Gasteiger partial charge < -0.3 is 19.8 Å². The molecule has 0 amide bonds. The van der Waals surface area contributed by atoms with Crippen LogP contribution in [0.3, 0.4) is 0 Å². The Hall–Kier alpha value is -1.26. The largest absolute Gasteiger partial charge is 0.496 e. The highest BCUT2D eigenvalue weighted by Crippen LogP contribution is 2.36. The lowest BCUT2D eigenvalue weighted by molar-refractivity contribution is 0.0464. The molecule has 0 heterocycles. The van der Waals surface area contributed by atoms with E-state index in [1.807, 2.05) is 25.2 Å². The number of methoxy groups -OCH3 is 1. The maximum Gasteiger partial charge on any atom is 0.126 e. The maximum atomic E-state index is 9.97. The van der Waals surface area contributed by atoms with Crippen LogP contribution in [-0.2, 0) is 0 Å². The fourth-order valence-corrected chi connectivity index (χ4v) is 2.80. The monoisotopic (exact) mass is 265 g/mol. The molecule has 2 rings (SSSR count). The van der Waals surface area contributed by atoms with Crippen molar-refractivity contribution in [3.8, 4) is 5.75 Å². The zero-order valence-electron chi connectivity index (χ0n) is 11.8. The lowest BCUT2D eigenvalue weighted by Gasteiger charge is -2.36. The average molecular weight is 265 g/mol. The first kappa shape index (κ1) is 14.2. The van der Waals surface area contributed by atoms with Gasteiger partial charge in [-0.15, -0.1) is 0 Å². The Kier molecular flexibility index (Phi) is 4.32. The van der Waals surface area contributed by atoms with Crippen LogP contribution in [0, 0.1) is 5.92 Å². The SMILES string of the molecule is COc1cccc(N(C)CC2CC(O)C2)c1[C@@H](C)O. The molecular formula is C15H23NO3. The van der Waals surface area contributed by atoms with Gasteiger partial charge in [-0.3, -0.25) is 0 Å². The van der Waals surface area contributed by atoms with Crippen molar-refractivity contribution in [1.29, 1.82) is 0 Å². The number of anilines is 1. The predicted molar refractivity (Wildman–Crippen MR) is 75.6 cm³/mol. The van der Waals surface area contributed by atoms with Gasteiger partial charge in [0, 0.05) is 24.8 Å². The molecule has 1 aliphatic carbocycles. The summed E-state index contributed by atoms with van der Waals surface area (Å²) in [5.41, 5.74) is 1.82. The number of aliphatic hydroxyl groups excluding tert-OH is 2. The van der Waals surface area contributed by atoms with Gasteiger partial charge in [-0.25, -0.2) is 0 Å². The Labute approximate surface area is 114 Å². The van der Waals surface area contributed by atoms with Crippen LogP contribution in [0.1, 0.15) is 31.4 Å². The quantitative estimate of drug-likeness (QED) is 0.854. The molecule has 0 spiro atoms. The third-order valence-electron chi connectivity index (χ3n) is 3.83. The number of hydrogen-bond acceptors (Lipinski definition) is 4. The number of hydrogen-bond donors (Lipinski definition) is 2. The Morgan fingerprint density at radius 2 is 2.11 bits per heavy atom. The van der Waals surface area contributed by atoms with Gasteiger partial charge in [-0.1, -0.05) is 6.07 Å². The maximum absolute atomic E-state index is 9.97. The molecule has 4 nitrogen and oxygen atoms in total. The molecule has 0 aromatic heterocycles. The van der Waals surface area contributed by atoms with Crippen molar-refractivity contribution in [2.24, 2.45) is 5.92 Å². The number of ether oxygens (including phenoxy) is 1. The Bertz CT molecular complexity index is 427. The summed E-state index contributed by atoms with van der Waals surface area (Å²) in [5, 5.41) is 19.3. The normalized spacial score (nSPS) is 23.6. The minimum absolute atomic E-state index is 0.125. The molecule has 1 saturated carbocycles. The summed E-state index contributed by atoms with van der Waals surface area (Å²) in [4.78, 5) is 2.14. The molecule has 1 aromatic carbocycles. The lowest BCUT2D eigenvalue weighted by atomic mass is 9.82. The number of rotatable bonds is 5. The minimum Gasteiger partial charge on any atom is -0.496 e. The van der Waals surface area contributed by atoms with Gasteiger partial charge in [0.2, 0.25) is 0 Å². The second-order valence-corrected chi connectivity index (χ2v) is 5.44. The molecule has 0 unspecified atom stereocenters. The molecule has 106 valence electrons. The van der Waals surface area contributed by atoms with Gasteiger partial charge in [0.1, 0.15) is 5.75 Å². The van der Waals surface area contributed by atoms with E-state index in [1.54, 1.807) is 14.0 Å². The molecular weight excluding hydrogens is 242 g/mol. The van der Waals surface area contributed by atoms with E-state index >= 15 is 0 Å². The molecule has 19 heavy (non-hydrogen) atoms. The van der Waals surface area contributed by atoms with Gasteiger partial charge in [-0.05, 0) is 37.8 Å². The predicted octanol–water partition coefficient (Wildman–Crippen LogP) is 1.96. The van der Waals surface area contributed by atoms with Crippen molar-refractivity contribution in [2.75, 3.05) is 25.6 Å². The highest BCUT2D eigenvalue weighted by atomic mass is 16.5. The Morgan fingerprint density at radius 3 is 2.63 bits per heavy atom. The number of nitrogens with zero attached hydrogens (tertiary/aromatic N) is 1. The fraction of sp³-hybridized carbons (Fsp3) is 0.600. The molecule has 2 N–H and O–H groups in total. The van der Waals surface area contributed by atoms with Crippen LogP contribution >= 0.6 is 0 Å². The van der Waals surface area contributed by atoms with Crippen molar-refractivity contribution in [3.63, 3.8) is 0 Å².